The van der Waals surface area contributed by atoms with Crippen molar-refractivity contribution in [1.29, 1.82) is 0 Å². The molecule has 5 nitrogen and oxygen atoms in total. The molecule has 1 fully saturated rings. The van der Waals surface area contributed by atoms with Crippen LogP contribution in [0.5, 0.6) is 0 Å². The zero-order chi connectivity index (χ0) is 25.4. The molecule has 4 aromatic rings. The number of hydrogen-bond donors (Lipinski definition) is 1. The highest BCUT2D eigenvalue weighted by molar-refractivity contribution is 7.80. The van der Waals surface area contributed by atoms with Gasteiger partial charge in [-0.25, -0.2) is 0 Å². The maximum atomic E-state index is 13.5. The molecule has 5 rings (SSSR count). The Balaban J connectivity index is 1.64. The molecule has 184 valence electrons. The average molecular weight is 508 g/mol. The maximum Gasteiger partial charge on any atom is 0.416 e. The molecule has 1 aliphatic rings. The zero-order valence-corrected chi connectivity index (χ0v) is 20.5. The van der Waals surface area contributed by atoms with Crippen molar-refractivity contribution in [2.45, 2.75) is 18.3 Å². The Bertz CT molecular complexity index is 1370. The molecule has 1 N–H and O–H groups in total. The fourth-order valence-electron chi connectivity index (χ4n) is 4.55. The molecule has 0 radical (unpaired) electrons. The highest BCUT2D eigenvalue weighted by Crippen LogP contribution is 2.42. The van der Waals surface area contributed by atoms with Gasteiger partial charge in [-0.1, -0.05) is 12.1 Å². The molecule has 1 aliphatic heterocycles. The summed E-state index contributed by atoms with van der Waals surface area (Å²) in [7, 11) is 3.94. The number of rotatable bonds is 5. The van der Waals surface area contributed by atoms with Crippen LogP contribution < -0.4 is 15.1 Å². The molecular formula is C27H24F3N5S. The van der Waals surface area contributed by atoms with Gasteiger partial charge in [-0.05, 0) is 78.9 Å². The molecule has 0 bridgehead atoms. The van der Waals surface area contributed by atoms with Gasteiger partial charge in [0.15, 0.2) is 5.11 Å². The Morgan fingerprint density at radius 3 is 2.36 bits per heavy atom. The summed E-state index contributed by atoms with van der Waals surface area (Å²) >= 11 is 5.78. The van der Waals surface area contributed by atoms with Crippen LogP contribution in [0.3, 0.4) is 0 Å². The summed E-state index contributed by atoms with van der Waals surface area (Å²) in [4.78, 5) is 8.57. The molecule has 0 unspecified atom stereocenters. The number of benzene rings is 2. The van der Waals surface area contributed by atoms with Gasteiger partial charge in [-0.2, -0.15) is 13.2 Å². The van der Waals surface area contributed by atoms with Crippen molar-refractivity contribution >= 4 is 28.7 Å². The van der Waals surface area contributed by atoms with Crippen molar-refractivity contribution in [2.24, 2.45) is 0 Å². The third-order valence-electron chi connectivity index (χ3n) is 6.28. The summed E-state index contributed by atoms with van der Waals surface area (Å²) in [5.41, 5.74) is 3.21. The van der Waals surface area contributed by atoms with Crippen molar-refractivity contribution in [3.63, 3.8) is 0 Å². The van der Waals surface area contributed by atoms with E-state index in [1.165, 1.54) is 6.07 Å². The van der Waals surface area contributed by atoms with Gasteiger partial charge >= 0.3 is 6.18 Å². The SMILES string of the molecule is CN(C)c1ccc(N2C(=S)N[C@@H](c3ccccn3)[C@H]2c2cccn2-c2cccc(C(F)(F)F)c2)cc1. The molecule has 2 atom stereocenters. The number of thiocarbonyl (C=S) groups is 1. The molecule has 1 saturated heterocycles. The van der Waals surface area contributed by atoms with Crippen LogP contribution in [0.25, 0.3) is 5.69 Å². The fourth-order valence-corrected chi connectivity index (χ4v) is 4.89. The summed E-state index contributed by atoms with van der Waals surface area (Å²) in [5, 5.41) is 3.92. The van der Waals surface area contributed by atoms with Gasteiger partial charge in [-0.15, -0.1) is 0 Å². The minimum absolute atomic E-state index is 0.313. The van der Waals surface area contributed by atoms with E-state index in [-0.39, 0.29) is 12.1 Å². The third-order valence-corrected chi connectivity index (χ3v) is 6.59. The number of nitrogens with one attached hydrogen (secondary N) is 1. The monoisotopic (exact) mass is 507 g/mol. The molecule has 0 spiro atoms. The first kappa shape index (κ1) is 23.9. The second kappa shape index (κ2) is 9.31. The van der Waals surface area contributed by atoms with Gasteiger partial charge in [0.25, 0.3) is 0 Å². The number of nitrogens with zero attached hydrogens (tertiary/aromatic N) is 4. The van der Waals surface area contributed by atoms with Gasteiger partial charge in [-0.3, -0.25) is 4.98 Å². The van der Waals surface area contributed by atoms with E-state index in [1.807, 2.05) is 78.5 Å². The van der Waals surface area contributed by atoms with Crippen molar-refractivity contribution in [2.75, 3.05) is 23.9 Å². The Labute approximate surface area is 212 Å². The molecule has 0 amide bonds. The number of hydrogen-bond acceptors (Lipinski definition) is 3. The van der Waals surface area contributed by atoms with Gasteiger partial charge < -0.3 is 19.7 Å². The normalized spacial score (nSPS) is 17.8. The minimum atomic E-state index is -4.43. The van der Waals surface area contributed by atoms with E-state index >= 15 is 0 Å². The van der Waals surface area contributed by atoms with E-state index in [0.717, 1.165) is 34.9 Å². The Kier molecular flexibility index (Phi) is 6.17. The van der Waals surface area contributed by atoms with E-state index in [1.54, 1.807) is 23.0 Å². The van der Waals surface area contributed by atoms with Crippen molar-refractivity contribution in [1.82, 2.24) is 14.9 Å². The van der Waals surface area contributed by atoms with Crippen LogP contribution in [0, 0.1) is 0 Å². The number of alkyl halides is 3. The largest absolute Gasteiger partial charge is 0.416 e. The third kappa shape index (κ3) is 4.42. The molecule has 3 heterocycles. The van der Waals surface area contributed by atoms with Crippen LogP contribution in [-0.4, -0.2) is 28.8 Å². The average Bonchev–Trinajstić information content (AvgIpc) is 3.48. The summed E-state index contributed by atoms with van der Waals surface area (Å²) in [5.74, 6) is 0. The first-order valence-corrected chi connectivity index (χ1v) is 11.8. The molecule has 2 aromatic carbocycles. The molecule has 36 heavy (non-hydrogen) atoms. The number of aromatic nitrogens is 2. The molecule has 0 saturated carbocycles. The molecule has 2 aromatic heterocycles. The standard InChI is InChI=1S/C27H24F3N5S/c1-33(2)19-11-13-20(14-12-19)35-25(24(32-26(35)36)22-9-3-4-15-31-22)23-10-6-16-34(23)21-8-5-7-18(17-21)27(28,29)30/h3-17,24-25H,1-2H3,(H,32,36)/t24-,25+/m0/s1. The number of pyridine rings is 1. The first-order chi connectivity index (χ1) is 17.2. The summed E-state index contributed by atoms with van der Waals surface area (Å²) in [6.45, 7) is 0. The zero-order valence-electron chi connectivity index (χ0n) is 19.6. The van der Waals surface area contributed by atoms with Crippen LogP contribution in [0.1, 0.15) is 29.0 Å². The van der Waals surface area contributed by atoms with Gasteiger partial charge in [0.2, 0.25) is 0 Å². The second-order valence-corrected chi connectivity index (χ2v) is 9.15. The van der Waals surface area contributed by atoms with Crippen LogP contribution in [0.4, 0.5) is 24.5 Å². The number of halogens is 3. The lowest BCUT2D eigenvalue weighted by atomic mass is 10.0. The minimum Gasteiger partial charge on any atom is -0.378 e. The summed E-state index contributed by atoms with van der Waals surface area (Å²) in [6.07, 6.45) is -0.941. The Hall–Kier alpha value is -3.85. The van der Waals surface area contributed by atoms with Crippen LogP contribution >= 0.6 is 12.2 Å². The topological polar surface area (TPSA) is 36.3 Å². The predicted octanol–water partition coefficient (Wildman–Crippen LogP) is 6.13. The van der Waals surface area contributed by atoms with Gasteiger partial charge in [0.05, 0.1) is 17.3 Å². The van der Waals surface area contributed by atoms with Gasteiger partial charge in [0.1, 0.15) is 6.04 Å². The second-order valence-electron chi connectivity index (χ2n) is 8.76. The highest BCUT2D eigenvalue weighted by atomic mass is 32.1. The first-order valence-electron chi connectivity index (χ1n) is 11.4. The lowest BCUT2D eigenvalue weighted by molar-refractivity contribution is -0.137. The smallest absolute Gasteiger partial charge is 0.378 e. The van der Waals surface area contributed by atoms with Crippen molar-refractivity contribution < 1.29 is 13.2 Å². The lowest BCUT2D eigenvalue weighted by Crippen LogP contribution is -2.30. The van der Waals surface area contributed by atoms with E-state index in [0.29, 0.717) is 10.8 Å². The summed E-state index contributed by atoms with van der Waals surface area (Å²) in [6, 6.07) is 22.1. The summed E-state index contributed by atoms with van der Waals surface area (Å²) < 4.78 is 42.2. The number of anilines is 2. The fraction of sp³-hybridized carbons (Fsp3) is 0.185. The van der Waals surface area contributed by atoms with Gasteiger partial charge in [0, 0.05) is 49.2 Å². The Morgan fingerprint density at radius 1 is 0.917 bits per heavy atom. The predicted molar refractivity (Wildman–Crippen MR) is 139 cm³/mol. The quantitative estimate of drug-likeness (QED) is 0.329. The Morgan fingerprint density at radius 2 is 1.69 bits per heavy atom. The van der Waals surface area contributed by atoms with Crippen LogP contribution in [-0.2, 0) is 6.18 Å². The highest BCUT2D eigenvalue weighted by Gasteiger charge is 2.42. The molecular weight excluding hydrogens is 483 g/mol. The maximum absolute atomic E-state index is 13.5. The van der Waals surface area contributed by atoms with Crippen LogP contribution in [0.2, 0.25) is 0 Å². The molecule has 9 heteroatoms. The van der Waals surface area contributed by atoms with E-state index in [4.69, 9.17) is 12.2 Å². The van der Waals surface area contributed by atoms with Crippen molar-refractivity contribution in [3.8, 4) is 5.69 Å². The molecule has 0 aliphatic carbocycles. The van der Waals surface area contributed by atoms with Crippen molar-refractivity contribution in [3.05, 3.63) is 108 Å². The van der Waals surface area contributed by atoms with E-state index < -0.39 is 11.7 Å². The van der Waals surface area contributed by atoms with E-state index in [2.05, 4.69) is 10.3 Å². The van der Waals surface area contributed by atoms with Crippen LogP contribution in [0.15, 0.2) is 91.3 Å². The van der Waals surface area contributed by atoms with E-state index in [9.17, 15) is 13.2 Å². The lowest BCUT2D eigenvalue weighted by Gasteiger charge is -2.29.